The molecule has 9 heteroatoms. The van der Waals surface area contributed by atoms with E-state index in [0.717, 1.165) is 51.1 Å². The molecule has 1 atom stereocenters. The van der Waals surface area contributed by atoms with Crippen LogP contribution in [0.25, 0.3) is 4.96 Å². The van der Waals surface area contributed by atoms with E-state index in [9.17, 15) is 4.79 Å². The van der Waals surface area contributed by atoms with E-state index in [1.54, 1.807) is 15.5 Å². The number of nitrogens with zero attached hydrogens (tertiary/aromatic N) is 5. The van der Waals surface area contributed by atoms with Crippen molar-refractivity contribution >= 4 is 22.2 Å². The fraction of sp³-hybridized carbons (Fsp3) is 0.407. The van der Waals surface area contributed by atoms with Gasteiger partial charge in [0.1, 0.15) is 22.6 Å². The molecule has 1 aliphatic heterocycles. The molecule has 3 aromatic heterocycles. The SMILES string of the molecule is CCc1nc(C)ccc1OCC(=O)N1CCc2nc3sc(C)nn3c2C1c1ccc(C2CC2)cc1F. The van der Waals surface area contributed by atoms with Gasteiger partial charge >= 0.3 is 0 Å². The fourth-order valence-corrected chi connectivity index (χ4v) is 5.85. The topological polar surface area (TPSA) is 72.6 Å². The van der Waals surface area contributed by atoms with Crippen molar-refractivity contribution in [2.75, 3.05) is 13.2 Å². The highest BCUT2D eigenvalue weighted by molar-refractivity contribution is 7.16. The van der Waals surface area contributed by atoms with Gasteiger partial charge in [-0.15, -0.1) is 0 Å². The van der Waals surface area contributed by atoms with Crippen molar-refractivity contribution < 1.29 is 13.9 Å². The molecule has 36 heavy (non-hydrogen) atoms. The van der Waals surface area contributed by atoms with Gasteiger partial charge in [-0.2, -0.15) is 5.10 Å². The summed E-state index contributed by atoms with van der Waals surface area (Å²) in [6, 6.07) is 8.57. The Balaban J connectivity index is 1.37. The second-order valence-electron chi connectivity index (χ2n) is 9.59. The number of halogens is 1. The Labute approximate surface area is 212 Å². The first-order valence-electron chi connectivity index (χ1n) is 12.5. The third-order valence-corrected chi connectivity index (χ3v) is 7.85. The second-order valence-corrected chi connectivity index (χ2v) is 10.8. The van der Waals surface area contributed by atoms with Crippen LogP contribution in [0.2, 0.25) is 0 Å². The Morgan fingerprint density at radius 3 is 2.78 bits per heavy atom. The smallest absolute Gasteiger partial charge is 0.261 e. The maximum absolute atomic E-state index is 15.6. The summed E-state index contributed by atoms with van der Waals surface area (Å²) in [6.07, 6.45) is 3.49. The van der Waals surface area contributed by atoms with Crippen molar-refractivity contribution in [2.24, 2.45) is 0 Å². The average molecular weight is 506 g/mol. The Kier molecular flexibility index (Phi) is 5.75. The zero-order valence-corrected chi connectivity index (χ0v) is 21.4. The van der Waals surface area contributed by atoms with E-state index in [4.69, 9.17) is 9.72 Å². The molecule has 0 radical (unpaired) electrons. The number of hydrogen-bond acceptors (Lipinski definition) is 6. The molecule has 7 nitrogen and oxygen atoms in total. The van der Waals surface area contributed by atoms with E-state index >= 15 is 4.39 Å². The standard InChI is InChI=1S/C27H28FN5O2S/c1-4-21-23(10-5-15(2)29-21)35-14-24(34)32-12-11-22-26(33-27(30-22)36-16(3)31-33)25(32)19-9-8-18(13-20(19)28)17-6-7-17/h5,8-10,13,17,25H,4,6-7,11-12,14H2,1-3H3. The first-order valence-corrected chi connectivity index (χ1v) is 13.3. The molecular formula is C27H28FN5O2S. The van der Waals surface area contributed by atoms with E-state index < -0.39 is 6.04 Å². The largest absolute Gasteiger partial charge is 0.482 e. The van der Waals surface area contributed by atoms with Crippen LogP contribution in [0.3, 0.4) is 0 Å². The summed E-state index contributed by atoms with van der Waals surface area (Å²) in [5.74, 6) is 0.544. The highest BCUT2D eigenvalue weighted by Gasteiger charge is 2.38. The number of imidazole rings is 1. The number of ether oxygens (including phenoxy) is 1. The minimum atomic E-state index is -0.628. The molecule has 4 aromatic rings. The molecule has 0 bridgehead atoms. The maximum Gasteiger partial charge on any atom is 0.261 e. The van der Waals surface area contributed by atoms with Crippen molar-refractivity contribution in [2.45, 2.75) is 58.4 Å². The van der Waals surface area contributed by atoms with E-state index in [2.05, 4.69) is 10.1 Å². The van der Waals surface area contributed by atoms with Crippen LogP contribution in [0.4, 0.5) is 4.39 Å². The summed E-state index contributed by atoms with van der Waals surface area (Å²) in [7, 11) is 0. The maximum atomic E-state index is 15.6. The first kappa shape index (κ1) is 23.1. The van der Waals surface area contributed by atoms with E-state index in [1.807, 2.05) is 45.0 Å². The predicted molar refractivity (Wildman–Crippen MR) is 135 cm³/mol. The summed E-state index contributed by atoms with van der Waals surface area (Å²) < 4.78 is 23.4. The van der Waals surface area contributed by atoms with Crippen LogP contribution < -0.4 is 4.74 Å². The molecule has 1 aromatic carbocycles. The molecule has 0 saturated heterocycles. The van der Waals surface area contributed by atoms with Gasteiger partial charge < -0.3 is 9.64 Å². The number of carbonyl (C=O) groups excluding carboxylic acids is 1. The summed E-state index contributed by atoms with van der Waals surface area (Å²) in [5.41, 5.74) is 4.84. The summed E-state index contributed by atoms with van der Waals surface area (Å²) in [4.78, 5) is 25.4. The molecule has 1 fully saturated rings. The number of aryl methyl sites for hydroxylation is 3. The average Bonchev–Trinajstić information content (AvgIpc) is 3.57. The Morgan fingerprint density at radius 1 is 1.19 bits per heavy atom. The summed E-state index contributed by atoms with van der Waals surface area (Å²) in [6.45, 7) is 6.14. The van der Waals surface area contributed by atoms with E-state index in [-0.39, 0.29) is 18.3 Å². The highest BCUT2D eigenvalue weighted by Crippen LogP contribution is 2.43. The third kappa shape index (κ3) is 4.05. The van der Waals surface area contributed by atoms with Gasteiger partial charge in [0.2, 0.25) is 4.96 Å². The van der Waals surface area contributed by atoms with Gasteiger partial charge in [0.25, 0.3) is 5.91 Å². The number of pyridine rings is 1. The zero-order chi connectivity index (χ0) is 25.0. The molecule has 2 aliphatic rings. The predicted octanol–water partition coefficient (Wildman–Crippen LogP) is 4.93. The minimum Gasteiger partial charge on any atom is -0.482 e. The molecule has 6 rings (SSSR count). The monoisotopic (exact) mass is 505 g/mol. The first-order chi connectivity index (χ1) is 17.4. The number of hydrogen-bond donors (Lipinski definition) is 0. The molecule has 0 spiro atoms. The van der Waals surface area contributed by atoms with Gasteiger partial charge in [0, 0.05) is 24.2 Å². The van der Waals surface area contributed by atoms with E-state index in [1.165, 1.54) is 11.3 Å². The molecule has 1 saturated carbocycles. The lowest BCUT2D eigenvalue weighted by atomic mass is 9.93. The molecule has 0 N–H and O–H groups in total. The van der Waals surface area contributed by atoms with Crippen LogP contribution in [-0.4, -0.2) is 43.5 Å². The summed E-state index contributed by atoms with van der Waals surface area (Å²) in [5, 5.41) is 5.51. The number of rotatable bonds is 6. The Morgan fingerprint density at radius 2 is 2.03 bits per heavy atom. The van der Waals surface area contributed by atoms with Gasteiger partial charge in [0.05, 0.1) is 17.1 Å². The van der Waals surface area contributed by atoms with E-state index in [0.29, 0.717) is 36.6 Å². The van der Waals surface area contributed by atoms with Crippen LogP contribution in [0.15, 0.2) is 30.3 Å². The number of aromatic nitrogens is 4. The quantitative estimate of drug-likeness (QED) is 0.371. The number of benzene rings is 1. The highest BCUT2D eigenvalue weighted by atomic mass is 32.1. The Bertz CT molecular complexity index is 1470. The lowest BCUT2D eigenvalue weighted by Gasteiger charge is -2.35. The van der Waals surface area contributed by atoms with Gasteiger partial charge in [-0.1, -0.05) is 30.4 Å². The fourth-order valence-electron chi connectivity index (χ4n) is 5.09. The normalized spacial score (nSPS) is 17.4. The molecule has 1 unspecified atom stereocenters. The number of carbonyl (C=O) groups is 1. The second kappa shape index (κ2) is 8.96. The van der Waals surface area contributed by atoms with Crippen molar-refractivity contribution in [3.63, 3.8) is 0 Å². The van der Waals surface area contributed by atoms with Crippen molar-refractivity contribution in [3.8, 4) is 5.75 Å². The molecule has 4 heterocycles. The molecular weight excluding hydrogens is 477 g/mol. The minimum absolute atomic E-state index is 0.149. The van der Waals surface area contributed by atoms with Gasteiger partial charge in [0.15, 0.2) is 6.61 Å². The van der Waals surface area contributed by atoms with Gasteiger partial charge in [-0.25, -0.2) is 13.9 Å². The lowest BCUT2D eigenvalue weighted by Crippen LogP contribution is -2.43. The number of amides is 1. The lowest BCUT2D eigenvalue weighted by molar-refractivity contribution is -0.135. The zero-order valence-electron chi connectivity index (χ0n) is 20.6. The van der Waals surface area contributed by atoms with Gasteiger partial charge in [-0.05, 0) is 62.8 Å². The van der Waals surface area contributed by atoms with Crippen molar-refractivity contribution in [1.29, 1.82) is 0 Å². The molecule has 1 aliphatic carbocycles. The van der Waals surface area contributed by atoms with Crippen LogP contribution in [0, 0.1) is 19.7 Å². The van der Waals surface area contributed by atoms with Crippen molar-refractivity contribution in [3.05, 3.63) is 75.1 Å². The van der Waals surface area contributed by atoms with Crippen molar-refractivity contribution in [1.82, 2.24) is 24.5 Å². The van der Waals surface area contributed by atoms with Gasteiger partial charge in [-0.3, -0.25) is 9.78 Å². The van der Waals surface area contributed by atoms with Crippen LogP contribution in [0.1, 0.15) is 70.6 Å². The number of fused-ring (bicyclic) bond motifs is 3. The van der Waals surface area contributed by atoms with Crippen LogP contribution >= 0.6 is 11.3 Å². The molecule has 1 amide bonds. The van der Waals surface area contributed by atoms with Crippen LogP contribution in [-0.2, 0) is 17.6 Å². The molecule has 186 valence electrons. The van der Waals surface area contributed by atoms with Crippen LogP contribution in [0.5, 0.6) is 5.75 Å². The summed E-state index contributed by atoms with van der Waals surface area (Å²) >= 11 is 1.50. The third-order valence-electron chi connectivity index (χ3n) is 7.02. The Hall–Kier alpha value is -3.33.